The van der Waals surface area contributed by atoms with E-state index in [2.05, 4.69) is 0 Å². The van der Waals surface area contributed by atoms with Gasteiger partial charge in [0.05, 0.1) is 6.54 Å². The van der Waals surface area contributed by atoms with E-state index in [1.54, 1.807) is 23.1 Å². The predicted octanol–water partition coefficient (Wildman–Crippen LogP) is 2.61. The first kappa shape index (κ1) is 15.6. The van der Waals surface area contributed by atoms with E-state index in [-0.39, 0.29) is 18.5 Å². The summed E-state index contributed by atoms with van der Waals surface area (Å²) < 4.78 is 0. The molecule has 112 valence electrons. The molecule has 0 aliphatic heterocycles. The molecule has 4 nitrogen and oxygen atoms in total. The highest BCUT2D eigenvalue weighted by Gasteiger charge is 2.26. The van der Waals surface area contributed by atoms with Crippen LogP contribution in [0, 0.1) is 0 Å². The Labute approximate surface area is 129 Å². The fourth-order valence-electron chi connectivity index (χ4n) is 2.64. The summed E-state index contributed by atoms with van der Waals surface area (Å²) in [5.41, 5.74) is 6.10. The third-order valence-electron chi connectivity index (χ3n) is 3.64. The smallest absolute Gasteiger partial charge is 0.247 e. The molecule has 1 saturated carbocycles. The first-order valence-electron chi connectivity index (χ1n) is 7.09. The van der Waals surface area contributed by atoms with Crippen LogP contribution < -0.4 is 5.73 Å². The van der Waals surface area contributed by atoms with E-state index in [0.29, 0.717) is 5.02 Å². The van der Waals surface area contributed by atoms with E-state index < -0.39 is 5.91 Å². The molecule has 0 heterocycles. The van der Waals surface area contributed by atoms with E-state index in [1.165, 1.54) is 6.08 Å². The summed E-state index contributed by atoms with van der Waals surface area (Å²) in [6.45, 7) is -0.0244. The summed E-state index contributed by atoms with van der Waals surface area (Å²) in [7, 11) is 0. The molecule has 1 fully saturated rings. The molecule has 1 aliphatic rings. The number of benzene rings is 1. The zero-order valence-corrected chi connectivity index (χ0v) is 12.6. The Kier molecular flexibility index (Phi) is 5.39. The number of hydrogen-bond acceptors (Lipinski definition) is 2. The summed E-state index contributed by atoms with van der Waals surface area (Å²) in [5.74, 6) is -0.660. The average Bonchev–Trinajstić information content (AvgIpc) is 2.96. The van der Waals surface area contributed by atoms with Gasteiger partial charge in [-0.2, -0.15) is 0 Å². The number of amides is 2. The molecule has 1 aliphatic carbocycles. The highest BCUT2D eigenvalue weighted by atomic mass is 35.5. The maximum Gasteiger partial charge on any atom is 0.247 e. The Morgan fingerprint density at radius 1 is 1.33 bits per heavy atom. The summed E-state index contributed by atoms with van der Waals surface area (Å²) >= 11 is 5.90. The molecule has 0 aromatic heterocycles. The summed E-state index contributed by atoms with van der Waals surface area (Å²) in [4.78, 5) is 25.1. The Balaban J connectivity index is 2.08. The highest BCUT2D eigenvalue weighted by molar-refractivity contribution is 6.30. The first-order chi connectivity index (χ1) is 10.1. The lowest BCUT2D eigenvalue weighted by Gasteiger charge is -2.26. The summed E-state index contributed by atoms with van der Waals surface area (Å²) in [6.07, 6.45) is 7.23. The van der Waals surface area contributed by atoms with Gasteiger partial charge in [-0.3, -0.25) is 9.59 Å². The molecule has 0 bridgehead atoms. The van der Waals surface area contributed by atoms with Gasteiger partial charge in [0.2, 0.25) is 11.8 Å². The highest BCUT2D eigenvalue weighted by Crippen LogP contribution is 2.23. The van der Waals surface area contributed by atoms with Crippen molar-refractivity contribution >= 4 is 29.5 Å². The lowest BCUT2D eigenvalue weighted by Crippen LogP contribution is -2.43. The molecule has 5 heteroatoms. The van der Waals surface area contributed by atoms with Crippen molar-refractivity contribution in [3.63, 3.8) is 0 Å². The van der Waals surface area contributed by atoms with Gasteiger partial charge >= 0.3 is 0 Å². The zero-order chi connectivity index (χ0) is 15.2. The van der Waals surface area contributed by atoms with Crippen molar-refractivity contribution in [1.82, 2.24) is 4.90 Å². The van der Waals surface area contributed by atoms with Crippen molar-refractivity contribution in [1.29, 1.82) is 0 Å². The molecule has 0 radical (unpaired) electrons. The van der Waals surface area contributed by atoms with Gasteiger partial charge in [0, 0.05) is 17.1 Å². The van der Waals surface area contributed by atoms with Crippen LogP contribution in [0.1, 0.15) is 31.2 Å². The van der Waals surface area contributed by atoms with Crippen LogP contribution in [0.25, 0.3) is 6.08 Å². The lowest BCUT2D eigenvalue weighted by molar-refractivity contribution is -0.133. The zero-order valence-electron chi connectivity index (χ0n) is 11.8. The van der Waals surface area contributed by atoms with Gasteiger partial charge < -0.3 is 10.6 Å². The van der Waals surface area contributed by atoms with Crippen molar-refractivity contribution < 1.29 is 9.59 Å². The maximum absolute atomic E-state index is 12.3. The first-order valence-corrected chi connectivity index (χ1v) is 7.46. The van der Waals surface area contributed by atoms with Crippen LogP contribution >= 0.6 is 11.6 Å². The Morgan fingerprint density at radius 2 is 2.05 bits per heavy atom. The Morgan fingerprint density at radius 3 is 2.67 bits per heavy atom. The van der Waals surface area contributed by atoms with Crippen LogP contribution in [0.3, 0.4) is 0 Å². The molecule has 2 rings (SSSR count). The van der Waals surface area contributed by atoms with Crippen LogP contribution in [0.2, 0.25) is 5.02 Å². The number of rotatable bonds is 5. The molecule has 2 amide bonds. The number of carbonyl (C=O) groups excluding carboxylic acids is 2. The molecular weight excluding hydrogens is 288 g/mol. The topological polar surface area (TPSA) is 63.4 Å². The second kappa shape index (κ2) is 7.27. The standard InChI is InChI=1S/C16H19ClN2O2/c17-13-5-3-4-12(10-13)8-9-16(21)19(11-15(18)20)14-6-1-2-7-14/h3-5,8-10,14H,1-2,6-7,11H2,(H2,18,20)/b9-8+. The minimum absolute atomic E-state index is 0.0244. The van der Waals surface area contributed by atoms with E-state index in [1.807, 2.05) is 12.1 Å². The summed E-state index contributed by atoms with van der Waals surface area (Å²) in [5, 5.41) is 0.620. The van der Waals surface area contributed by atoms with E-state index in [9.17, 15) is 9.59 Å². The number of carbonyl (C=O) groups is 2. The molecule has 0 unspecified atom stereocenters. The molecule has 1 aromatic carbocycles. The van der Waals surface area contributed by atoms with E-state index in [4.69, 9.17) is 17.3 Å². The molecule has 0 saturated heterocycles. The van der Waals surface area contributed by atoms with Crippen molar-refractivity contribution in [2.45, 2.75) is 31.7 Å². The van der Waals surface area contributed by atoms with Crippen LogP contribution in [0.15, 0.2) is 30.3 Å². The van der Waals surface area contributed by atoms with Gasteiger partial charge in [-0.25, -0.2) is 0 Å². The van der Waals surface area contributed by atoms with Gasteiger partial charge in [-0.15, -0.1) is 0 Å². The fourth-order valence-corrected chi connectivity index (χ4v) is 2.84. The average molecular weight is 307 g/mol. The Hall–Kier alpha value is -1.81. The second-order valence-corrected chi connectivity index (χ2v) is 5.70. The quantitative estimate of drug-likeness (QED) is 0.850. The molecule has 1 aromatic rings. The Bertz CT molecular complexity index is 551. The van der Waals surface area contributed by atoms with Crippen LogP contribution in [-0.4, -0.2) is 29.3 Å². The molecule has 2 N–H and O–H groups in total. The van der Waals surface area contributed by atoms with E-state index in [0.717, 1.165) is 31.2 Å². The van der Waals surface area contributed by atoms with Gasteiger partial charge in [-0.05, 0) is 36.6 Å². The number of primary amides is 1. The second-order valence-electron chi connectivity index (χ2n) is 5.26. The number of nitrogens with two attached hydrogens (primary N) is 1. The third-order valence-corrected chi connectivity index (χ3v) is 3.88. The third kappa shape index (κ3) is 4.60. The summed E-state index contributed by atoms with van der Waals surface area (Å²) in [6, 6.07) is 7.36. The predicted molar refractivity (Wildman–Crippen MR) is 83.6 cm³/mol. The van der Waals surface area contributed by atoms with Gasteiger partial charge in [0.15, 0.2) is 0 Å². The maximum atomic E-state index is 12.3. The number of nitrogens with zero attached hydrogens (tertiary/aromatic N) is 1. The van der Waals surface area contributed by atoms with Gasteiger partial charge in [0.25, 0.3) is 0 Å². The van der Waals surface area contributed by atoms with Crippen LogP contribution in [0.5, 0.6) is 0 Å². The van der Waals surface area contributed by atoms with Gasteiger partial charge in [0.1, 0.15) is 0 Å². The van der Waals surface area contributed by atoms with Crippen molar-refractivity contribution in [3.05, 3.63) is 40.9 Å². The normalized spacial score (nSPS) is 15.5. The van der Waals surface area contributed by atoms with E-state index >= 15 is 0 Å². The molecule has 21 heavy (non-hydrogen) atoms. The molecule has 0 spiro atoms. The molecular formula is C16H19ClN2O2. The number of halogens is 1. The fraction of sp³-hybridized carbons (Fsp3) is 0.375. The van der Waals surface area contributed by atoms with Crippen molar-refractivity contribution in [3.8, 4) is 0 Å². The van der Waals surface area contributed by atoms with Crippen molar-refractivity contribution in [2.75, 3.05) is 6.54 Å². The van der Waals surface area contributed by atoms with Crippen LogP contribution in [0.4, 0.5) is 0 Å². The largest absolute Gasteiger partial charge is 0.368 e. The van der Waals surface area contributed by atoms with Gasteiger partial charge in [-0.1, -0.05) is 36.6 Å². The number of hydrogen-bond donors (Lipinski definition) is 1. The SMILES string of the molecule is NC(=O)CN(C(=O)/C=C/c1cccc(Cl)c1)C1CCCC1. The minimum atomic E-state index is -0.480. The molecule has 0 atom stereocenters. The van der Waals surface area contributed by atoms with Crippen molar-refractivity contribution in [2.24, 2.45) is 5.73 Å². The lowest BCUT2D eigenvalue weighted by atomic mass is 10.1. The minimum Gasteiger partial charge on any atom is -0.368 e. The van der Waals surface area contributed by atoms with Crippen LogP contribution in [-0.2, 0) is 9.59 Å². The monoisotopic (exact) mass is 306 g/mol.